The molecule has 0 bridgehead atoms. The van der Waals surface area contributed by atoms with Crippen molar-refractivity contribution in [3.63, 3.8) is 0 Å². The summed E-state index contributed by atoms with van der Waals surface area (Å²) < 4.78 is 29.5. The van der Waals surface area contributed by atoms with Gasteiger partial charge in [-0.2, -0.15) is 0 Å². The molecule has 2 N–H and O–H groups in total. The fraction of sp³-hybridized carbons (Fsp3) is 0.500. The summed E-state index contributed by atoms with van der Waals surface area (Å²) >= 11 is 0. The molecule has 1 unspecified atom stereocenters. The Labute approximate surface area is 100 Å². The van der Waals surface area contributed by atoms with E-state index in [4.69, 9.17) is 19.9 Å². The van der Waals surface area contributed by atoms with Crippen molar-refractivity contribution in [1.29, 1.82) is 0 Å². The van der Waals surface area contributed by atoms with E-state index in [1.807, 2.05) is 6.92 Å². The summed E-state index contributed by atoms with van der Waals surface area (Å²) in [6.07, 6.45) is 0. The summed E-state index contributed by atoms with van der Waals surface area (Å²) in [4.78, 5) is 0. The van der Waals surface area contributed by atoms with Gasteiger partial charge in [0.15, 0.2) is 23.1 Å². The zero-order valence-corrected chi connectivity index (χ0v) is 10.5. The molecule has 0 aliphatic rings. The van der Waals surface area contributed by atoms with Crippen molar-refractivity contribution in [2.75, 3.05) is 27.9 Å². The quantitative estimate of drug-likeness (QED) is 0.858. The third-order valence-corrected chi connectivity index (χ3v) is 2.67. The van der Waals surface area contributed by atoms with Crippen molar-refractivity contribution in [1.82, 2.24) is 0 Å². The molecule has 4 nitrogen and oxygen atoms in total. The monoisotopic (exact) mass is 243 g/mol. The van der Waals surface area contributed by atoms with Gasteiger partial charge in [-0.05, 0) is 6.54 Å². The molecular formula is C12H18FNO3. The predicted octanol–water partition coefficient (Wildman–Crippen LogP) is 1.91. The molecule has 1 aromatic rings. The largest absolute Gasteiger partial charge is 0.494 e. The van der Waals surface area contributed by atoms with Crippen LogP contribution in [0.4, 0.5) is 4.39 Å². The highest BCUT2D eigenvalue weighted by atomic mass is 19.1. The second-order valence-corrected chi connectivity index (χ2v) is 3.68. The molecule has 17 heavy (non-hydrogen) atoms. The van der Waals surface area contributed by atoms with Gasteiger partial charge in [-0.3, -0.25) is 0 Å². The average Bonchev–Trinajstić information content (AvgIpc) is 2.36. The van der Waals surface area contributed by atoms with E-state index >= 15 is 0 Å². The predicted molar refractivity (Wildman–Crippen MR) is 63.5 cm³/mol. The molecule has 5 heteroatoms. The zero-order chi connectivity index (χ0) is 13.0. The highest BCUT2D eigenvalue weighted by molar-refractivity contribution is 5.54. The van der Waals surface area contributed by atoms with Crippen LogP contribution in [0.2, 0.25) is 0 Å². The van der Waals surface area contributed by atoms with E-state index in [-0.39, 0.29) is 11.7 Å². The van der Waals surface area contributed by atoms with Crippen LogP contribution in [0.3, 0.4) is 0 Å². The van der Waals surface area contributed by atoms with Gasteiger partial charge in [0.05, 0.1) is 21.3 Å². The molecule has 1 aromatic carbocycles. The normalized spacial score (nSPS) is 12.1. The first kappa shape index (κ1) is 13.6. The summed E-state index contributed by atoms with van der Waals surface area (Å²) in [5.74, 6) is 0.278. The molecule has 96 valence electrons. The van der Waals surface area contributed by atoms with Gasteiger partial charge in [0, 0.05) is 17.5 Å². The van der Waals surface area contributed by atoms with Crippen molar-refractivity contribution in [2.24, 2.45) is 5.73 Å². The summed E-state index contributed by atoms with van der Waals surface area (Å²) in [7, 11) is 4.36. The lowest BCUT2D eigenvalue weighted by molar-refractivity contribution is 0.332. The lowest BCUT2D eigenvalue weighted by atomic mass is 9.98. The highest BCUT2D eigenvalue weighted by Gasteiger charge is 2.23. The van der Waals surface area contributed by atoms with Gasteiger partial charge in [-0.15, -0.1) is 0 Å². The third kappa shape index (κ3) is 2.44. The Kier molecular flexibility index (Phi) is 4.57. The summed E-state index contributed by atoms with van der Waals surface area (Å²) in [5, 5.41) is 0. The van der Waals surface area contributed by atoms with Crippen LogP contribution in [0.1, 0.15) is 18.4 Å². The van der Waals surface area contributed by atoms with Crippen molar-refractivity contribution in [3.8, 4) is 17.2 Å². The highest BCUT2D eigenvalue weighted by Crippen LogP contribution is 2.41. The molecule has 0 saturated carbocycles. The van der Waals surface area contributed by atoms with Crippen LogP contribution in [0, 0.1) is 5.82 Å². The SMILES string of the molecule is COc1cc(OC)c(OC)c(C(C)CN)c1F. The van der Waals surface area contributed by atoms with Crippen LogP contribution >= 0.6 is 0 Å². The number of rotatable bonds is 5. The number of benzene rings is 1. The molecule has 0 saturated heterocycles. The van der Waals surface area contributed by atoms with E-state index in [1.54, 1.807) is 0 Å². The Balaban J connectivity index is 3.49. The van der Waals surface area contributed by atoms with E-state index in [2.05, 4.69) is 0 Å². The molecule has 1 rings (SSSR count). The van der Waals surface area contributed by atoms with E-state index in [9.17, 15) is 4.39 Å². The number of hydrogen-bond donors (Lipinski definition) is 1. The molecule has 0 aromatic heterocycles. The minimum atomic E-state index is -0.455. The summed E-state index contributed by atoms with van der Waals surface area (Å²) in [6, 6.07) is 1.46. The zero-order valence-electron chi connectivity index (χ0n) is 10.5. The van der Waals surface area contributed by atoms with Crippen LogP contribution in [0.5, 0.6) is 17.2 Å². The average molecular weight is 243 g/mol. The van der Waals surface area contributed by atoms with Crippen LogP contribution in [-0.4, -0.2) is 27.9 Å². The second kappa shape index (κ2) is 5.72. The minimum Gasteiger partial charge on any atom is -0.494 e. The molecule has 0 aliphatic heterocycles. The van der Waals surface area contributed by atoms with Crippen LogP contribution in [0.25, 0.3) is 0 Å². The Morgan fingerprint density at radius 1 is 1.18 bits per heavy atom. The maximum Gasteiger partial charge on any atom is 0.172 e. The third-order valence-electron chi connectivity index (χ3n) is 2.67. The van der Waals surface area contributed by atoms with Crippen molar-refractivity contribution < 1.29 is 18.6 Å². The molecule has 0 heterocycles. The summed E-state index contributed by atoms with van der Waals surface area (Å²) in [5.41, 5.74) is 5.96. The number of nitrogens with two attached hydrogens (primary N) is 1. The smallest absolute Gasteiger partial charge is 0.172 e. The van der Waals surface area contributed by atoms with Crippen molar-refractivity contribution in [2.45, 2.75) is 12.8 Å². The van der Waals surface area contributed by atoms with Gasteiger partial charge in [-0.25, -0.2) is 4.39 Å². The Morgan fingerprint density at radius 2 is 1.76 bits per heavy atom. The van der Waals surface area contributed by atoms with Gasteiger partial charge in [0.2, 0.25) is 0 Å². The molecule has 1 atom stereocenters. The Bertz CT molecular complexity index is 396. The maximum absolute atomic E-state index is 14.2. The molecular weight excluding hydrogens is 225 g/mol. The first-order valence-corrected chi connectivity index (χ1v) is 5.29. The van der Waals surface area contributed by atoms with Crippen molar-refractivity contribution >= 4 is 0 Å². The Hall–Kier alpha value is -1.49. The van der Waals surface area contributed by atoms with Gasteiger partial charge >= 0.3 is 0 Å². The number of hydrogen-bond acceptors (Lipinski definition) is 4. The van der Waals surface area contributed by atoms with Gasteiger partial charge < -0.3 is 19.9 Å². The minimum absolute atomic E-state index is 0.123. The van der Waals surface area contributed by atoms with Crippen molar-refractivity contribution in [3.05, 3.63) is 17.4 Å². The lowest BCUT2D eigenvalue weighted by Gasteiger charge is -2.19. The molecule has 0 aliphatic carbocycles. The van der Waals surface area contributed by atoms with Crippen LogP contribution in [-0.2, 0) is 0 Å². The number of halogens is 1. The van der Waals surface area contributed by atoms with E-state index < -0.39 is 5.82 Å². The summed E-state index contributed by atoms with van der Waals surface area (Å²) in [6.45, 7) is 2.13. The van der Waals surface area contributed by atoms with Gasteiger partial charge in [0.1, 0.15) is 0 Å². The first-order chi connectivity index (χ1) is 8.10. The molecule has 0 radical (unpaired) electrons. The van der Waals surface area contributed by atoms with Gasteiger partial charge in [0.25, 0.3) is 0 Å². The maximum atomic E-state index is 14.2. The lowest BCUT2D eigenvalue weighted by Crippen LogP contribution is -2.13. The molecule has 0 spiro atoms. The Morgan fingerprint density at radius 3 is 2.18 bits per heavy atom. The molecule has 0 fully saturated rings. The van der Waals surface area contributed by atoms with E-state index in [0.717, 1.165) is 0 Å². The fourth-order valence-electron chi connectivity index (χ4n) is 1.68. The fourth-order valence-corrected chi connectivity index (χ4v) is 1.68. The van der Waals surface area contributed by atoms with E-state index in [1.165, 1.54) is 27.4 Å². The topological polar surface area (TPSA) is 53.7 Å². The number of methoxy groups -OCH3 is 3. The second-order valence-electron chi connectivity index (χ2n) is 3.68. The van der Waals surface area contributed by atoms with Gasteiger partial charge in [-0.1, -0.05) is 6.92 Å². The van der Waals surface area contributed by atoms with Crippen LogP contribution < -0.4 is 19.9 Å². The van der Waals surface area contributed by atoms with E-state index in [0.29, 0.717) is 23.6 Å². The first-order valence-electron chi connectivity index (χ1n) is 5.29. The number of ether oxygens (including phenoxy) is 3. The standard InChI is InChI=1S/C12H18FNO3/c1-7(6-14)10-11(13)8(15-2)5-9(16-3)12(10)17-4/h5,7H,6,14H2,1-4H3. The van der Waals surface area contributed by atoms with Crippen LogP contribution in [0.15, 0.2) is 6.07 Å². The molecule has 0 amide bonds.